The quantitative estimate of drug-likeness (QED) is 0.214. The predicted molar refractivity (Wildman–Crippen MR) is 114 cm³/mol. The summed E-state index contributed by atoms with van der Waals surface area (Å²) < 4.78 is 5.96. The molecule has 1 unspecified atom stereocenters. The highest BCUT2D eigenvalue weighted by molar-refractivity contribution is 14.0. The number of hydrogen-bond donors (Lipinski definition) is 2. The summed E-state index contributed by atoms with van der Waals surface area (Å²) >= 11 is 1.91. The summed E-state index contributed by atoms with van der Waals surface area (Å²) in [6, 6.07) is 0. The fourth-order valence-corrected chi connectivity index (χ4v) is 3.62. The molecule has 1 fully saturated rings. The predicted octanol–water partition coefficient (Wildman–Crippen LogP) is 3.90. The first-order valence-corrected chi connectivity index (χ1v) is 10.3. The van der Waals surface area contributed by atoms with Crippen molar-refractivity contribution in [2.45, 2.75) is 58.0 Å². The molecule has 0 aromatic carbocycles. The molecule has 1 aliphatic carbocycles. The second kappa shape index (κ2) is 15.8. The van der Waals surface area contributed by atoms with Gasteiger partial charge in [0.1, 0.15) is 0 Å². The summed E-state index contributed by atoms with van der Waals surface area (Å²) in [6.07, 6.45) is 11.5. The van der Waals surface area contributed by atoms with Gasteiger partial charge < -0.3 is 15.4 Å². The minimum absolute atomic E-state index is 0. The van der Waals surface area contributed by atoms with Crippen LogP contribution in [0, 0.1) is 5.92 Å². The zero-order valence-corrected chi connectivity index (χ0v) is 18.3. The van der Waals surface area contributed by atoms with Crippen LogP contribution in [-0.2, 0) is 4.74 Å². The smallest absolute Gasteiger partial charge is 0.190 e. The van der Waals surface area contributed by atoms with Crippen LogP contribution in [0.3, 0.4) is 0 Å². The van der Waals surface area contributed by atoms with Crippen molar-refractivity contribution in [1.29, 1.82) is 0 Å². The third-order valence-electron chi connectivity index (χ3n) is 4.32. The van der Waals surface area contributed by atoms with Gasteiger partial charge in [-0.3, -0.25) is 4.99 Å². The van der Waals surface area contributed by atoms with E-state index >= 15 is 0 Å². The first kappa shape index (κ1) is 23.3. The van der Waals surface area contributed by atoms with Crippen LogP contribution in [0.1, 0.15) is 51.9 Å². The van der Waals surface area contributed by atoms with Crippen molar-refractivity contribution in [3.05, 3.63) is 0 Å². The number of hydrogen-bond acceptors (Lipinski definition) is 3. The number of halogens is 1. The Hall–Kier alpha value is 0.310. The minimum atomic E-state index is 0. The Balaban J connectivity index is 0.00000484. The Morgan fingerprint density at radius 1 is 1.22 bits per heavy atom. The third-order valence-corrected chi connectivity index (χ3v) is 5.02. The van der Waals surface area contributed by atoms with E-state index in [1.807, 2.05) is 18.8 Å². The third kappa shape index (κ3) is 10.7. The first-order valence-electron chi connectivity index (χ1n) is 8.86. The van der Waals surface area contributed by atoms with Gasteiger partial charge in [0.2, 0.25) is 0 Å². The largest absolute Gasteiger partial charge is 0.378 e. The number of thioether (sulfide) groups is 1. The van der Waals surface area contributed by atoms with E-state index in [4.69, 9.17) is 4.74 Å². The van der Waals surface area contributed by atoms with Crippen molar-refractivity contribution in [2.24, 2.45) is 10.9 Å². The summed E-state index contributed by atoms with van der Waals surface area (Å²) in [7, 11) is 1.84. The van der Waals surface area contributed by atoms with Gasteiger partial charge in [-0.2, -0.15) is 11.8 Å². The van der Waals surface area contributed by atoms with Crippen LogP contribution >= 0.6 is 35.7 Å². The molecule has 1 atom stereocenters. The van der Waals surface area contributed by atoms with Gasteiger partial charge in [-0.15, -0.1) is 24.0 Å². The molecule has 6 heteroatoms. The lowest BCUT2D eigenvalue weighted by atomic mass is 9.98. The summed E-state index contributed by atoms with van der Waals surface area (Å²) in [6.45, 7) is 4.86. The van der Waals surface area contributed by atoms with Crippen molar-refractivity contribution < 1.29 is 4.74 Å². The lowest BCUT2D eigenvalue weighted by Gasteiger charge is -2.24. The Morgan fingerprint density at radius 2 is 1.91 bits per heavy atom. The van der Waals surface area contributed by atoms with Crippen molar-refractivity contribution in [1.82, 2.24) is 10.6 Å². The maximum absolute atomic E-state index is 5.96. The van der Waals surface area contributed by atoms with E-state index in [0.29, 0.717) is 6.10 Å². The first-order chi connectivity index (χ1) is 10.8. The molecule has 1 rings (SSSR count). The second-order valence-corrected chi connectivity index (χ2v) is 6.94. The Bertz CT molecular complexity index is 300. The van der Waals surface area contributed by atoms with Crippen LogP contribution in [0.15, 0.2) is 4.99 Å². The second-order valence-electron chi connectivity index (χ2n) is 5.95. The number of rotatable bonds is 11. The number of nitrogens with one attached hydrogen (secondary N) is 2. The van der Waals surface area contributed by atoms with Gasteiger partial charge in [0.25, 0.3) is 0 Å². The molecule has 0 aromatic heterocycles. The Morgan fingerprint density at radius 3 is 2.52 bits per heavy atom. The van der Waals surface area contributed by atoms with Gasteiger partial charge in [0, 0.05) is 26.7 Å². The molecule has 0 spiro atoms. The maximum atomic E-state index is 5.96. The molecule has 23 heavy (non-hydrogen) atoms. The van der Waals surface area contributed by atoms with E-state index in [-0.39, 0.29) is 24.0 Å². The molecular formula is C17H36IN3OS. The topological polar surface area (TPSA) is 45.6 Å². The number of ether oxygens (including phenoxy) is 1. The highest BCUT2D eigenvalue weighted by Crippen LogP contribution is 2.30. The molecular weight excluding hydrogens is 421 g/mol. The molecule has 0 radical (unpaired) electrons. The molecule has 4 nitrogen and oxygen atoms in total. The molecule has 0 amide bonds. The molecule has 138 valence electrons. The fourth-order valence-electron chi connectivity index (χ4n) is 3.13. The van der Waals surface area contributed by atoms with E-state index in [0.717, 1.165) is 38.0 Å². The van der Waals surface area contributed by atoms with Crippen molar-refractivity contribution in [3.63, 3.8) is 0 Å². The van der Waals surface area contributed by atoms with Crippen LogP contribution in [0.5, 0.6) is 0 Å². The van der Waals surface area contributed by atoms with Crippen molar-refractivity contribution in [2.75, 3.05) is 38.8 Å². The van der Waals surface area contributed by atoms with E-state index in [9.17, 15) is 0 Å². The molecule has 0 heterocycles. The highest BCUT2D eigenvalue weighted by atomic mass is 127. The van der Waals surface area contributed by atoms with Gasteiger partial charge in [-0.1, -0.05) is 12.8 Å². The van der Waals surface area contributed by atoms with Crippen LogP contribution in [0.2, 0.25) is 0 Å². The van der Waals surface area contributed by atoms with Crippen LogP contribution in [-0.4, -0.2) is 50.8 Å². The molecule has 1 saturated carbocycles. The zero-order chi connectivity index (χ0) is 16.0. The maximum Gasteiger partial charge on any atom is 0.190 e. The van der Waals surface area contributed by atoms with Gasteiger partial charge in [0.15, 0.2) is 5.96 Å². The standard InChI is InChI=1S/C17H35N3OS.HI/c1-4-21-16(15-9-5-6-10-15)11-13-20-17(18-2)19-12-7-8-14-22-3;/h15-16H,4-14H2,1-3H3,(H2,18,19,20);1H. The molecule has 1 aliphatic rings. The van der Waals surface area contributed by atoms with Crippen LogP contribution in [0.4, 0.5) is 0 Å². The van der Waals surface area contributed by atoms with Crippen LogP contribution < -0.4 is 10.6 Å². The van der Waals surface area contributed by atoms with Gasteiger partial charge in [0.05, 0.1) is 6.10 Å². The minimum Gasteiger partial charge on any atom is -0.378 e. The lowest BCUT2D eigenvalue weighted by Crippen LogP contribution is -2.39. The summed E-state index contributed by atoms with van der Waals surface area (Å²) in [4.78, 5) is 4.29. The SMILES string of the molecule is CCOC(CCNC(=NC)NCCCCSC)C1CCCC1.I. The number of nitrogens with zero attached hydrogens (tertiary/aromatic N) is 1. The normalized spacial score (nSPS) is 16.9. The molecule has 2 N–H and O–H groups in total. The molecule has 0 aromatic rings. The molecule has 0 bridgehead atoms. The van der Waals surface area contributed by atoms with Crippen molar-refractivity contribution in [3.8, 4) is 0 Å². The van der Waals surface area contributed by atoms with Crippen molar-refractivity contribution >= 4 is 41.7 Å². The molecule has 0 saturated heterocycles. The zero-order valence-electron chi connectivity index (χ0n) is 15.1. The van der Waals surface area contributed by atoms with Gasteiger partial charge in [-0.05, 0) is 57.0 Å². The number of guanidine groups is 1. The van der Waals surface area contributed by atoms with E-state index in [1.54, 1.807) is 0 Å². The van der Waals surface area contributed by atoms with Gasteiger partial charge in [-0.25, -0.2) is 0 Å². The lowest BCUT2D eigenvalue weighted by molar-refractivity contribution is 0.0169. The Labute approximate surface area is 164 Å². The average Bonchev–Trinajstić information content (AvgIpc) is 3.06. The highest BCUT2D eigenvalue weighted by Gasteiger charge is 2.24. The summed E-state index contributed by atoms with van der Waals surface area (Å²) in [5.74, 6) is 2.93. The van der Waals surface area contributed by atoms with E-state index < -0.39 is 0 Å². The van der Waals surface area contributed by atoms with E-state index in [2.05, 4.69) is 28.8 Å². The van der Waals surface area contributed by atoms with E-state index in [1.165, 1.54) is 44.3 Å². The monoisotopic (exact) mass is 457 g/mol. The number of unbranched alkanes of at least 4 members (excludes halogenated alkanes) is 1. The molecule has 0 aliphatic heterocycles. The number of aliphatic imine (C=N–C) groups is 1. The Kier molecular flexibility index (Phi) is 16.0. The fraction of sp³-hybridized carbons (Fsp3) is 0.941. The van der Waals surface area contributed by atoms with Gasteiger partial charge >= 0.3 is 0 Å². The average molecular weight is 457 g/mol. The summed E-state index contributed by atoms with van der Waals surface area (Å²) in [5.41, 5.74) is 0. The van der Waals surface area contributed by atoms with Crippen LogP contribution in [0.25, 0.3) is 0 Å². The summed E-state index contributed by atoms with van der Waals surface area (Å²) in [5, 5.41) is 6.82.